The van der Waals surface area contributed by atoms with Crippen molar-refractivity contribution in [3.05, 3.63) is 57.8 Å². The van der Waals surface area contributed by atoms with Gasteiger partial charge in [-0.2, -0.15) is 0 Å². The van der Waals surface area contributed by atoms with Crippen molar-refractivity contribution in [3.8, 4) is 0 Å². The summed E-state index contributed by atoms with van der Waals surface area (Å²) in [7, 11) is -3.48. The predicted octanol–water partition coefficient (Wildman–Crippen LogP) is 4.57. The van der Waals surface area contributed by atoms with Gasteiger partial charge < -0.3 is 5.32 Å². The number of aryl methyl sites for hydroxylation is 1. The SMILES string of the molecule is Cc1ccc(C2Nc3ccc(S(=O)(=O)NC(C)C)cc3C3C=CCC32)s1. The molecule has 3 unspecified atom stereocenters. The molecule has 0 saturated heterocycles. The number of sulfonamides is 1. The number of allylic oxidation sites excluding steroid dienone is 2. The van der Waals surface area contributed by atoms with Crippen molar-refractivity contribution in [2.45, 2.75) is 50.1 Å². The second kappa shape index (κ2) is 6.51. The maximum absolute atomic E-state index is 12.6. The largest absolute Gasteiger partial charge is 0.377 e. The van der Waals surface area contributed by atoms with Crippen LogP contribution in [0.25, 0.3) is 0 Å². The van der Waals surface area contributed by atoms with E-state index < -0.39 is 10.0 Å². The van der Waals surface area contributed by atoms with Crippen molar-refractivity contribution in [3.63, 3.8) is 0 Å². The van der Waals surface area contributed by atoms with Crippen molar-refractivity contribution in [1.82, 2.24) is 4.72 Å². The Bertz CT molecular complexity index is 960. The molecule has 2 heterocycles. The number of rotatable bonds is 4. The van der Waals surface area contributed by atoms with Crippen LogP contribution in [0.2, 0.25) is 0 Å². The number of hydrogen-bond donors (Lipinski definition) is 2. The number of nitrogens with one attached hydrogen (secondary N) is 2. The topological polar surface area (TPSA) is 58.2 Å². The van der Waals surface area contributed by atoms with Crippen LogP contribution in [-0.2, 0) is 10.0 Å². The van der Waals surface area contributed by atoms with E-state index in [0.29, 0.717) is 10.8 Å². The van der Waals surface area contributed by atoms with E-state index in [-0.39, 0.29) is 18.0 Å². The minimum absolute atomic E-state index is 0.125. The molecule has 6 heteroatoms. The van der Waals surface area contributed by atoms with Crippen LogP contribution in [0.15, 0.2) is 47.4 Å². The highest BCUT2D eigenvalue weighted by Crippen LogP contribution is 2.51. The molecule has 1 aliphatic carbocycles. The van der Waals surface area contributed by atoms with Crippen molar-refractivity contribution >= 4 is 27.0 Å². The van der Waals surface area contributed by atoms with Gasteiger partial charge in [0.15, 0.2) is 0 Å². The van der Waals surface area contributed by atoms with E-state index in [9.17, 15) is 8.42 Å². The van der Waals surface area contributed by atoms with E-state index in [1.807, 2.05) is 37.3 Å². The molecular weight excluding hydrogens is 364 g/mol. The Kier molecular flexibility index (Phi) is 4.45. The first-order valence-corrected chi connectivity index (χ1v) is 11.3. The molecule has 26 heavy (non-hydrogen) atoms. The maximum Gasteiger partial charge on any atom is 0.240 e. The van der Waals surface area contributed by atoms with Crippen LogP contribution in [-0.4, -0.2) is 14.5 Å². The Hall–Kier alpha value is -1.63. The highest BCUT2D eigenvalue weighted by atomic mass is 32.2. The zero-order valence-corrected chi connectivity index (χ0v) is 16.8. The van der Waals surface area contributed by atoms with Crippen LogP contribution in [0.1, 0.15) is 47.5 Å². The van der Waals surface area contributed by atoms with Gasteiger partial charge in [0.2, 0.25) is 10.0 Å². The van der Waals surface area contributed by atoms with E-state index in [0.717, 1.165) is 17.7 Å². The van der Waals surface area contributed by atoms with Gasteiger partial charge in [-0.1, -0.05) is 12.2 Å². The molecule has 0 saturated carbocycles. The Morgan fingerprint density at radius 3 is 2.73 bits per heavy atom. The zero-order chi connectivity index (χ0) is 18.5. The summed E-state index contributed by atoms with van der Waals surface area (Å²) >= 11 is 1.84. The first-order valence-electron chi connectivity index (χ1n) is 9.01. The number of benzene rings is 1. The lowest BCUT2D eigenvalue weighted by Gasteiger charge is -2.37. The quantitative estimate of drug-likeness (QED) is 0.755. The van der Waals surface area contributed by atoms with Crippen LogP contribution in [0, 0.1) is 12.8 Å². The monoisotopic (exact) mass is 388 g/mol. The Labute approximate surface area is 159 Å². The number of fused-ring (bicyclic) bond motifs is 3. The van der Waals surface area contributed by atoms with Crippen LogP contribution in [0.5, 0.6) is 0 Å². The van der Waals surface area contributed by atoms with Gasteiger partial charge in [-0.15, -0.1) is 11.3 Å². The highest BCUT2D eigenvalue weighted by Gasteiger charge is 2.39. The van der Waals surface area contributed by atoms with Crippen LogP contribution in [0.3, 0.4) is 0 Å². The minimum Gasteiger partial charge on any atom is -0.377 e. The Morgan fingerprint density at radius 1 is 1.23 bits per heavy atom. The van der Waals surface area contributed by atoms with Crippen molar-refractivity contribution in [2.24, 2.45) is 5.92 Å². The molecule has 0 fully saturated rings. The van der Waals surface area contributed by atoms with Gasteiger partial charge >= 0.3 is 0 Å². The molecule has 1 aromatic heterocycles. The van der Waals surface area contributed by atoms with Crippen LogP contribution < -0.4 is 10.0 Å². The molecule has 138 valence electrons. The third-order valence-electron chi connectivity index (χ3n) is 5.10. The molecule has 1 aromatic carbocycles. The highest BCUT2D eigenvalue weighted by molar-refractivity contribution is 7.89. The molecule has 2 N–H and O–H groups in total. The van der Waals surface area contributed by atoms with Crippen molar-refractivity contribution in [2.75, 3.05) is 5.32 Å². The Balaban J connectivity index is 1.73. The van der Waals surface area contributed by atoms with Gasteiger partial charge in [-0.25, -0.2) is 13.1 Å². The van der Waals surface area contributed by atoms with Gasteiger partial charge in [0, 0.05) is 27.4 Å². The predicted molar refractivity (Wildman–Crippen MR) is 107 cm³/mol. The van der Waals surface area contributed by atoms with Gasteiger partial charge in [0.05, 0.1) is 10.9 Å². The van der Waals surface area contributed by atoms with Crippen LogP contribution in [0.4, 0.5) is 5.69 Å². The van der Waals surface area contributed by atoms with Gasteiger partial charge in [0.1, 0.15) is 0 Å². The maximum atomic E-state index is 12.6. The summed E-state index contributed by atoms with van der Waals surface area (Å²) in [6.45, 7) is 5.80. The van der Waals surface area contributed by atoms with E-state index in [4.69, 9.17) is 0 Å². The number of thiophene rings is 1. The molecule has 3 atom stereocenters. The van der Waals surface area contributed by atoms with Crippen LogP contribution >= 0.6 is 11.3 Å². The molecule has 0 bridgehead atoms. The second-order valence-electron chi connectivity index (χ2n) is 7.45. The lowest BCUT2D eigenvalue weighted by atomic mass is 9.79. The first kappa shape index (κ1) is 17.8. The molecule has 4 nitrogen and oxygen atoms in total. The minimum atomic E-state index is -3.48. The number of anilines is 1. The summed E-state index contributed by atoms with van der Waals surface area (Å²) in [5.74, 6) is 0.685. The van der Waals surface area contributed by atoms with E-state index in [1.165, 1.54) is 9.75 Å². The third kappa shape index (κ3) is 3.10. The van der Waals surface area contributed by atoms with Crippen molar-refractivity contribution in [1.29, 1.82) is 0 Å². The molecular formula is C20H24N2O2S2. The van der Waals surface area contributed by atoms with E-state index in [1.54, 1.807) is 6.07 Å². The molecule has 0 spiro atoms. The second-order valence-corrected chi connectivity index (χ2v) is 10.5. The van der Waals surface area contributed by atoms with E-state index in [2.05, 4.69) is 41.2 Å². The fraction of sp³-hybridized carbons (Fsp3) is 0.400. The molecule has 1 aliphatic heterocycles. The van der Waals surface area contributed by atoms with E-state index >= 15 is 0 Å². The molecule has 4 rings (SSSR count). The molecule has 2 aliphatic rings. The summed E-state index contributed by atoms with van der Waals surface area (Å²) in [6.07, 6.45) is 5.48. The lowest BCUT2D eigenvalue weighted by Crippen LogP contribution is -2.31. The average Bonchev–Trinajstić information content (AvgIpc) is 3.21. The Morgan fingerprint density at radius 2 is 2.04 bits per heavy atom. The van der Waals surface area contributed by atoms with Crippen molar-refractivity contribution < 1.29 is 8.42 Å². The summed E-state index contributed by atoms with van der Waals surface area (Å²) in [5, 5.41) is 3.67. The summed E-state index contributed by atoms with van der Waals surface area (Å²) in [5.41, 5.74) is 2.12. The fourth-order valence-corrected chi connectivity index (χ4v) is 6.31. The van der Waals surface area contributed by atoms with Gasteiger partial charge in [-0.05, 0) is 69.0 Å². The standard InChI is InChI=1S/C20H24N2O2S2/c1-12(2)22-26(23,24)14-8-9-18-17(11-14)15-5-4-6-16(15)20(21-18)19-10-7-13(3)25-19/h4-5,7-12,15-16,20-22H,6H2,1-3H3. The third-order valence-corrected chi connectivity index (χ3v) is 7.84. The summed E-state index contributed by atoms with van der Waals surface area (Å²) < 4.78 is 27.8. The lowest BCUT2D eigenvalue weighted by molar-refractivity contribution is 0.429. The fourth-order valence-electron chi connectivity index (χ4n) is 4.02. The first-order chi connectivity index (χ1) is 12.3. The smallest absolute Gasteiger partial charge is 0.240 e. The molecule has 0 radical (unpaired) electrons. The zero-order valence-electron chi connectivity index (χ0n) is 15.2. The molecule has 0 amide bonds. The normalized spacial score (nSPS) is 24.4. The number of hydrogen-bond acceptors (Lipinski definition) is 4. The average molecular weight is 389 g/mol. The van der Waals surface area contributed by atoms with Gasteiger partial charge in [0.25, 0.3) is 0 Å². The summed E-state index contributed by atoms with van der Waals surface area (Å²) in [4.78, 5) is 3.01. The summed E-state index contributed by atoms with van der Waals surface area (Å²) in [6, 6.07) is 9.99. The van der Waals surface area contributed by atoms with Gasteiger partial charge in [-0.3, -0.25) is 0 Å². The molecule has 2 aromatic rings.